The van der Waals surface area contributed by atoms with Crippen molar-refractivity contribution in [2.24, 2.45) is 0 Å². The number of benzene rings is 1. The van der Waals surface area contributed by atoms with Crippen LogP contribution >= 0.6 is 35.2 Å². The van der Waals surface area contributed by atoms with Gasteiger partial charge in [0.25, 0.3) is 0 Å². The maximum Gasteiger partial charge on any atom is 0.207 e. The summed E-state index contributed by atoms with van der Waals surface area (Å²) in [6, 6.07) is 8.06. The van der Waals surface area contributed by atoms with Gasteiger partial charge in [-0.15, -0.1) is 5.10 Å². The Morgan fingerprint density at radius 2 is 2.06 bits per heavy atom. The van der Waals surface area contributed by atoms with E-state index in [9.17, 15) is 0 Å². The SMILES string of the molecule is CC(c1ccc(Cl)cc1)N(C)c1n[nH]c(=S)s1. The van der Waals surface area contributed by atoms with Crippen molar-refractivity contribution in [1.29, 1.82) is 0 Å². The predicted molar refractivity (Wildman–Crippen MR) is 75.6 cm³/mol. The van der Waals surface area contributed by atoms with Crippen molar-refractivity contribution < 1.29 is 0 Å². The summed E-state index contributed by atoms with van der Waals surface area (Å²) >= 11 is 12.4. The van der Waals surface area contributed by atoms with E-state index in [-0.39, 0.29) is 6.04 Å². The zero-order valence-electron chi connectivity index (χ0n) is 9.48. The lowest BCUT2D eigenvalue weighted by Gasteiger charge is -2.24. The van der Waals surface area contributed by atoms with E-state index < -0.39 is 0 Å². The number of H-pyrrole nitrogens is 1. The lowest BCUT2D eigenvalue weighted by atomic mass is 10.1. The summed E-state index contributed by atoms with van der Waals surface area (Å²) in [6.07, 6.45) is 0. The molecule has 0 aliphatic heterocycles. The van der Waals surface area contributed by atoms with Crippen LogP contribution in [0.4, 0.5) is 5.13 Å². The topological polar surface area (TPSA) is 31.9 Å². The van der Waals surface area contributed by atoms with Crippen molar-refractivity contribution in [3.05, 3.63) is 38.8 Å². The number of hydrogen-bond acceptors (Lipinski definition) is 4. The summed E-state index contributed by atoms with van der Waals surface area (Å²) in [7, 11) is 2.00. The maximum absolute atomic E-state index is 5.87. The second-order valence-corrected chi connectivity index (χ2v) is 5.81. The number of nitrogens with one attached hydrogen (secondary N) is 1. The highest BCUT2D eigenvalue weighted by atomic mass is 35.5. The summed E-state index contributed by atoms with van der Waals surface area (Å²) < 4.78 is 0.690. The molecule has 1 unspecified atom stereocenters. The van der Waals surface area contributed by atoms with Crippen molar-refractivity contribution in [2.75, 3.05) is 11.9 Å². The van der Waals surface area contributed by atoms with Crippen molar-refractivity contribution >= 4 is 40.3 Å². The van der Waals surface area contributed by atoms with Crippen molar-refractivity contribution in [3.8, 4) is 0 Å². The molecule has 0 aliphatic rings. The molecule has 0 saturated heterocycles. The number of nitrogens with zero attached hydrogens (tertiary/aromatic N) is 2. The number of hydrogen-bond donors (Lipinski definition) is 1. The fraction of sp³-hybridized carbons (Fsp3) is 0.273. The third kappa shape index (κ3) is 2.86. The van der Waals surface area contributed by atoms with Crippen LogP contribution in [0.25, 0.3) is 0 Å². The number of rotatable bonds is 3. The van der Waals surface area contributed by atoms with Gasteiger partial charge >= 0.3 is 0 Å². The Labute approximate surface area is 114 Å². The van der Waals surface area contributed by atoms with E-state index in [2.05, 4.69) is 22.0 Å². The molecule has 2 aromatic rings. The number of halogens is 1. The minimum atomic E-state index is 0.223. The molecule has 0 spiro atoms. The molecule has 2 rings (SSSR count). The van der Waals surface area contributed by atoms with Gasteiger partial charge in [-0.25, -0.2) is 0 Å². The van der Waals surface area contributed by atoms with Crippen LogP contribution in [0.3, 0.4) is 0 Å². The highest BCUT2D eigenvalue weighted by Crippen LogP contribution is 2.27. The Morgan fingerprint density at radius 3 is 2.59 bits per heavy atom. The molecule has 1 aromatic carbocycles. The first-order valence-corrected chi connectivity index (χ1v) is 6.72. The van der Waals surface area contributed by atoms with E-state index in [4.69, 9.17) is 23.8 Å². The molecule has 3 nitrogen and oxygen atoms in total. The van der Waals surface area contributed by atoms with E-state index >= 15 is 0 Å². The molecule has 1 atom stereocenters. The van der Waals surface area contributed by atoms with Crippen LogP contribution in [0.15, 0.2) is 24.3 Å². The van der Waals surface area contributed by atoms with Gasteiger partial charge in [-0.3, -0.25) is 5.10 Å². The molecule has 0 fully saturated rings. The average molecular weight is 286 g/mol. The molecular formula is C11H12ClN3S2. The molecule has 0 saturated carbocycles. The molecule has 0 aliphatic carbocycles. The van der Waals surface area contributed by atoms with Gasteiger partial charge in [-0.2, -0.15) is 0 Å². The molecule has 6 heteroatoms. The standard InChI is InChI=1S/C11H12ClN3S2/c1-7(8-3-5-9(12)6-4-8)15(2)10-13-14-11(16)17-10/h3-7H,1-2H3,(H,14,16). The average Bonchev–Trinajstić information content (AvgIpc) is 2.75. The minimum absolute atomic E-state index is 0.223. The van der Waals surface area contributed by atoms with Crippen LogP contribution in [0.1, 0.15) is 18.5 Å². The maximum atomic E-state index is 5.87. The van der Waals surface area contributed by atoms with Gasteiger partial charge < -0.3 is 4.90 Å². The highest BCUT2D eigenvalue weighted by molar-refractivity contribution is 7.73. The van der Waals surface area contributed by atoms with E-state index in [0.29, 0.717) is 3.95 Å². The van der Waals surface area contributed by atoms with Gasteiger partial charge in [-0.05, 0) is 36.8 Å². The minimum Gasteiger partial charge on any atom is -0.343 e. The van der Waals surface area contributed by atoms with Gasteiger partial charge in [0.1, 0.15) is 0 Å². The molecular weight excluding hydrogens is 274 g/mol. The van der Waals surface area contributed by atoms with E-state index in [1.54, 1.807) is 0 Å². The van der Waals surface area contributed by atoms with E-state index in [0.717, 1.165) is 10.2 Å². The Morgan fingerprint density at radius 1 is 1.41 bits per heavy atom. The van der Waals surface area contributed by atoms with Crippen molar-refractivity contribution in [1.82, 2.24) is 10.2 Å². The van der Waals surface area contributed by atoms with Crippen LogP contribution in [0, 0.1) is 3.95 Å². The first-order valence-electron chi connectivity index (χ1n) is 5.11. The fourth-order valence-corrected chi connectivity index (χ4v) is 2.55. The van der Waals surface area contributed by atoms with Crippen LogP contribution in [-0.2, 0) is 0 Å². The second-order valence-electron chi connectivity index (χ2n) is 3.73. The summed E-state index contributed by atoms with van der Waals surface area (Å²) in [6.45, 7) is 2.12. The molecule has 0 radical (unpaired) electrons. The van der Waals surface area contributed by atoms with Crippen LogP contribution in [-0.4, -0.2) is 17.2 Å². The largest absolute Gasteiger partial charge is 0.343 e. The monoisotopic (exact) mass is 285 g/mol. The number of anilines is 1. The van der Waals surface area contributed by atoms with Crippen LogP contribution in [0.2, 0.25) is 5.02 Å². The smallest absolute Gasteiger partial charge is 0.207 e. The van der Waals surface area contributed by atoms with Gasteiger partial charge in [0, 0.05) is 12.1 Å². The Bertz CT molecular complexity index is 546. The Balaban J connectivity index is 2.22. The van der Waals surface area contributed by atoms with Gasteiger partial charge in [0.15, 0.2) is 3.95 Å². The van der Waals surface area contributed by atoms with Gasteiger partial charge in [-0.1, -0.05) is 35.1 Å². The van der Waals surface area contributed by atoms with Crippen molar-refractivity contribution in [2.45, 2.75) is 13.0 Å². The summed E-state index contributed by atoms with van der Waals surface area (Å²) in [5.74, 6) is 0. The molecule has 90 valence electrons. The van der Waals surface area contributed by atoms with Crippen LogP contribution < -0.4 is 4.90 Å². The molecule has 0 amide bonds. The fourth-order valence-electron chi connectivity index (χ4n) is 1.50. The normalized spacial score (nSPS) is 12.4. The zero-order chi connectivity index (χ0) is 12.4. The first kappa shape index (κ1) is 12.5. The molecule has 1 aromatic heterocycles. The molecule has 1 heterocycles. The molecule has 0 bridgehead atoms. The summed E-state index contributed by atoms with van der Waals surface area (Å²) in [4.78, 5) is 2.08. The zero-order valence-corrected chi connectivity index (χ0v) is 11.9. The Hall–Kier alpha value is -0.910. The highest BCUT2D eigenvalue weighted by Gasteiger charge is 2.14. The van der Waals surface area contributed by atoms with E-state index in [1.165, 1.54) is 16.9 Å². The molecule has 1 N–H and O–H groups in total. The summed E-state index contributed by atoms with van der Waals surface area (Å²) in [5.41, 5.74) is 1.19. The van der Waals surface area contributed by atoms with Crippen molar-refractivity contribution in [3.63, 3.8) is 0 Å². The predicted octanol–water partition coefficient (Wildman–Crippen LogP) is 4.05. The van der Waals surface area contributed by atoms with Gasteiger partial charge in [0.2, 0.25) is 5.13 Å². The Kier molecular flexibility index (Phi) is 3.81. The lowest BCUT2D eigenvalue weighted by molar-refractivity contribution is 0.731. The number of aromatic amines is 1. The quantitative estimate of drug-likeness (QED) is 0.864. The summed E-state index contributed by atoms with van der Waals surface area (Å²) in [5, 5.41) is 8.59. The third-order valence-corrected chi connectivity index (χ3v) is 4.09. The number of aromatic nitrogens is 2. The second kappa shape index (κ2) is 5.16. The first-order chi connectivity index (χ1) is 8.08. The molecule has 17 heavy (non-hydrogen) atoms. The third-order valence-electron chi connectivity index (χ3n) is 2.66. The van der Waals surface area contributed by atoms with E-state index in [1.807, 2.05) is 31.3 Å². The lowest BCUT2D eigenvalue weighted by Crippen LogP contribution is -2.21. The van der Waals surface area contributed by atoms with Crippen LogP contribution in [0.5, 0.6) is 0 Å². The van der Waals surface area contributed by atoms with Gasteiger partial charge in [0.05, 0.1) is 6.04 Å².